The Kier molecular flexibility index (Phi) is 3.41. The third-order valence-corrected chi connectivity index (χ3v) is 4.18. The van der Waals surface area contributed by atoms with E-state index in [4.69, 9.17) is 0 Å². The molecule has 1 aromatic heterocycles. The molecule has 0 bridgehead atoms. The molecule has 0 aliphatic rings. The van der Waals surface area contributed by atoms with E-state index in [0.29, 0.717) is 0 Å². The van der Waals surface area contributed by atoms with Gasteiger partial charge in [0.05, 0.1) is 11.9 Å². The van der Waals surface area contributed by atoms with Gasteiger partial charge in [-0.2, -0.15) is 0 Å². The first-order valence-corrected chi connectivity index (χ1v) is 6.93. The molecule has 3 nitrogen and oxygen atoms in total. The third-order valence-electron chi connectivity index (χ3n) is 4.18. The van der Waals surface area contributed by atoms with E-state index in [1.165, 1.54) is 22.0 Å². The van der Waals surface area contributed by atoms with Crippen LogP contribution in [0.4, 0.5) is 0 Å². The van der Waals surface area contributed by atoms with Crippen molar-refractivity contribution >= 4 is 16.9 Å². The van der Waals surface area contributed by atoms with Gasteiger partial charge in [-0.3, -0.25) is 4.79 Å². The third kappa shape index (κ3) is 2.21. The van der Waals surface area contributed by atoms with E-state index in [-0.39, 0.29) is 11.8 Å². The number of aromatic nitrogens is 1. The number of nitrogens with zero attached hydrogens (tertiary/aromatic N) is 1. The van der Waals surface area contributed by atoms with Gasteiger partial charge in [-0.15, -0.1) is 0 Å². The van der Waals surface area contributed by atoms with Crippen LogP contribution in [-0.2, 0) is 17.3 Å². The van der Waals surface area contributed by atoms with E-state index in [1.807, 2.05) is 13.8 Å². The van der Waals surface area contributed by atoms with Crippen molar-refractivity contribution in [2.24, 2.45) is 7.05 Å². The number of carboxylic acids is 1. The predicted octanol–water partition coefficient (Wildman–Crippen LogP) is 3.86. The fourth-order valence-corrected chi connectivity index (χ4v) is 3.45. The Morgan fingerprint density at radius 2 is 1.85 bits per heavy atom. The molecule has 0 amide bonds. The second kappa shape index (κ2) is 4.65. The Hall–Kier alpha value is -1.77. The minimum atomic E-state index is -0.754. The zero-order valence-electron chi connectivity index (χ0n) is 13.2. The highest BCUT2D eigenvalue weighted by Crippen LogP contribution is 2.38. The van der Waals surface area contributed by atoms with Crippen LogP contribution in [0.25, 0.3) is 10.9 Å². The maximum atomic E-state index is 11.2. The summed E-state index contributed by atoms with van der Waals surface area (Å²) < 4.78 is 2.18. The van der Waals surface area contributed by atoms with Crippen molar-refractivity contribution in [2.75, 3.05) is 0 Å². The Balaban J connectivity index is 2.83. The highest BCUT2D eigenvalue weighted by molar-refractivity contribution is 5.90. The lowest BCUT2D eigenvalue weighted by atomic mass is 9.79. The van der Waals surface area contributed by atoms with Crippen LogP contribution in [0.1, 0.15) is 42.7 Å². The summed E-state index contributed by atoms with van der Waals surface area (Å²) >= 11 is 0. The van der Waals surface area contributed by atoms with Crippen LogP contribution < -0.4 is 0 Å². The SMILES string of the molecule is Cc1cc(C)c2c(c1)c(C(C)(C)CC(=O)O)c(C)n2C. The summed E-state index contributed by atoms with van der Waals surface area (Å²) in [5, 5.41) is 10.4. The lowest BCUT2D eigenvalue weighted by Gasteiger charge is -2.24. The van der Waals surface area contributed by atoms with E-state index in [2.05, 4.69) is 44.5 Å². The average molecular weight is 273 g/mol. The van der Waals surface area contributed by atoms with Crippen molar-refractivity contribution in [2.45, 2.75) is 46.5 Å². The van der Waals surface area contributed by atoms with Crippen LogP contribution in [-0.4, -0.2) is 15.6 Å². The Bertz CT molecular complexity index is 693. The average Bonchev–Trinajstić information content (AvgIpc) is 2.49. The van der Waals surface area contributed by atoms with Crippen LogP contribution in [0.5, 0.6) is 0 Å². The van der Waals surface area contributed by atoms with E-state index < -0.39 is 5.97 Å². The number of rotatable bonds is 3. The lowest BCUT2D eigenvalue weighted by Crippen LogP contribution is -2.22. The fraction of sp³-hybridized carbons (Fsp3) is 0.471. The molecule has 0 saturated carbocycles. The first-order chi connectivity index (χ1) is 9.15. The van der Waals surface area contributed by atoms with E-state index in [0.717, 1.165) is 11.3 Å². The molecule has 0 unspecified atom stereocenters. The van der Waals surface area contributed by atoms with E-state index in [9.17, 15) is 9.90 Å². The van der Waals surface area contributed by atoms with Gasteiger partial charge in [0.1, 0.15) is 0 Å². The number of aryl methyl sites for hydroxylation is 3. The molecule has 0 aliphatic carbocycles. The van der Waals surface area contributed by atoms with Crippen molar-refractivity contribution in [3.05, 3.63) is 34.5 Å². The van der Waals surface area contributed by atoms with E-state index in [1.54, 1.807) is 0 Å². The standard InChI is InChI=1S/C17H23NO2/c1-10-7-11(2)16-13(8-10)15(12(3)18(16)6)17(4,5)9-14(19)20/h7-8H,9H2,1-6H3,(H,19,20). The molecule has 1 aromatic carbocycles. The van der Waals surface area contributed by atoms with Gasteiger partial charge in [0.25, 0.3) is 0 Å². The number of benzene rings is 1. The minimum Gasteiger partial charge on any atom is -0.481 e. The molecule has 2 rings (SSSR count). The summed E-state index contributed by atoms with van der Waals surface area (Å²) in [6, 6.07) is 4.35. The maximum absolute atomic E-state index is 11.2. The molecular weight excluding hydrogens is 250 g/mol. The molecule has 2 aromatic rings. The van der Waals surface area contributed by atoms with Gasteiger partial charge < -0.3 is 9.67 Å². The maximum Gasteiger partial charge on any atom is 0.304 e. The molecule has 20 heavy (non-hydrogen) atoms. The fourth-order valence-electron chi connectivity index (χ4n) is 3.45. The second-order valence-corrected chi connectivity index (χ2v) is 6.45. The molecule has 0 fully saturated rings. The summed E-state index contributed by atoms with van der Waals surface area (Å²) in [7, 11) is 2.06. The summed E-state index contributed by atoms with van der Waals surface area (Å²) in [6.07, 6.45) is 0.139. The van der Waals surface area contributed by atoms with Gasteiger partial charge in [-0.1, -0.05) is 25.5 Å². The molecule has 0 spiro atoms. The quantitative estimate of drug-likeness (QED) is 0.922. The number of fused-ring (bicyclic) bond motifs is 1. The smallest absolute Gasteiger partial charge is 0.304 e. The molecule has 1 heterocycles. The summed E-state index contributed by atoms with van der Waals surface area (Å²) in [5.74, 6) is -0.754. The van der Waals surface area contributed by atoms with Crippen molar-refractivity contribution in [3.8, 4) is 0 Å². The zero-order chi connectivity index (χ0) is 15.2. The number of carbonyl (C=O) groups is 1. The molecule has 1 N–H and O–H groups in total. The zero-order valence-corrected chi connectivity index (χ0v) is 13.2. The van der Waals surface area contributed by atoms with Crippen LogP contribution in [0.3, 0.4) is 0 Å². The highest BCUT2D eigenvalue weighted by Gasteiger charge is 2.30. The van der Waals surface area contributed by atoms with Gasteiger partial charge in [-0.05, 0) is 38.0 Å². The Morgan fingerprint density at radius 1 is 1.25 bits per heavy atom. The van der Waals surface area contributed by atoms with Gasteiger partial charge in [0.2, 0.25) is 0 Å². The number of aliphatic carboxylic acids is 1. The van der Waals surface area contributed by atoms with Crippen LogP contribution in [0.2, 0.25) is 0 Å². The van der Waals surface area contributed by atoms with Crippen LogP contribution in [0, 0.1) is 20.8 Å². The molecule has 0 saturated heterocycles. The number of hydrogen-bond acceptors (Lipinski definition) is 1. The Labute approximate surface area is 120 Å². The topological polar surface area (TPSA) is 42.2 Å². The molecule has 0 aliphatic heterocycles. The molecule has 3 heteroatoms. The summed E-state index contributed by atoms with van der Waals surface area (Å²) in [4.78, 5) is 11.2. The minimum absolute atomic E-state index is 0.139. The highest BCUT2D eigenvalue weighted by atomic mass is 16.4. The van der Waals surface area contributed by atoms with Crippen molar-refractivity contribution in [1.29, 1.82) is 0 Å². The van der Waals surface area contributed by atoms with Crippen molar-refractivity contribution in [3.63, 3.8) is 0 Å². The number of hydrogen-bond donors (Lipinski definition) is 1. The first kappa shape index (κ1) is 14.6. The largest absolute Gasteiger partial charge is 0.481 e. The van der Waals surface area contributed by atoms with Gasteiger partial charge in [0.15, 0.2) is 0 Å². The van der Waals surface area contributed by atoms with E-state index >= 15 is 0 Å². The number of carboxylic acid groups (broad SMARTS) is 1. The van der Waals surface area contributed by atoms with Crippen LogP contribution in [0.15, 0.2) is 12.1 Å². The first-order valence-electron chi connectivity index (χ1n) is 6.93. The predicted molar refractivity (Wildman–Crippen MR) is 82.4 cm³/mol. The molecule has 108 valence electrons. The molecule has 0 radical (unpaired) electrons. The molecular formula is C17H23NO2. The van der Waals surface area contributed by atoms with Crippen molar-refractivity contribution in [1.82, 2.24) is 4.57 Å². The summed E-state index contributed by atoms with van der Waals surface area (Å²) in [5.41, 5.74) is 5.59. The lowest BCUT2D eigenvalue weighted by molar-refractivity contribution is -0.138. The Morgan fingerprint density at radius 3 is 2.40 bits per heavy atom. The summed E-state index contributed by atoms with van der Waals surface area (Å²) in [6.45, 7) is 10.3. The van der Waals surface area contributed by atoms with Gasteiger partial charge >= 0.3 is 5.97 Å². The normalized spacial score (nSPS) is 12.1. The van der Waals surface area contributed by atoms with Gasteiger partial charge in [-0.25, -0.2) is 0 Å². The van der Waals surface area contributed by atoms with Gasteiger partial charge in [0, 0.05) is 23.5 Å². The van der Waals surface area contributed by atoms with Crippen molar-refractivity contribution < 1.29 is 9.90 Å². The molecule has 0 atom stereocenters. The van der Waals surface area contributed by atoms with Crippen LogP contribution >= 0.6 is 0 Å². The second-order valence-electron chi connectivity index (χ2n) is 6.45. The monoisotopic (exact) mass is 273 g/mol.